The minimum atomic E-state index is -0.260. The smallest absolute Gasteiger partial charge is 0.261 e. The van der Waals surface area contributed by atoms with Crippen LogP contribution in [0.15, 0.2) is 30.6 Å². The molecule has 0 spiro atoms. The molecule has 1 aromatic carbocycles. The molecule has 0 bridgehead atoms. The van der Waals surface area contributed by atoms with Crippen molar-refractivity contribution in [2.45, 2.75) is 32.3 Å². The number of aromatic nitrogens is 2. The first-order chi connectivity index (χ1) is 14.1. The van der Waals surface area contributed by atoms with Crippen molar-refractivity contribution < 1.29 is 13.9 Å². The Morgan fingerprint density at radius 3 is 2.90 bits per heavy atom. The van der Waals surface area contributed by atoms with E-state index in [0.29, 0.717) is 24.4 Å². The van der Waals surface area contributed by atoms with E-state index < -0.39 is 0 Å². The van der Waals surface area contributed by atoms with Crippen LogP contribution in [0, 0.1) is 12.7 Å². The lowest BCUT2D eigenvalue weighted by molar-refractivity contribution is 0.0957. The predicted molar refractivity (Wildman–Crippen MR) is 112 cm³/mol. The van der Waals surface area contributed by atoms with E-state index in [1.54, 1.807) is 12.1 Å². The van der Waals surface area contributed by atoms with Gasteiger partial charge in [0, 0.05) is 19.7 Å². The summed E-state index contributed by atoms with van der Waals surface area (Å²) in [5, 5.41) is 7.20. The number of benzene rings is 1. The van der Waals surface area contributed by atoms with E-state index in [-0.39, 0.29) is 17.8 Å². The fraction of sp³-hybridized carbons (Fsp3) is 0.381. The SMILES string of the molecule is Cc1c(C(=O)NCCc2ccc(F)cc2)sc2ncnc(NC[C@@H]3CCCO3)c12. The summed E-state index contributed by atoms with van der Waals surface area (Å²) in [5.41, 5.74) is 1.85. The molecule has 152 valence electrons. The minimum Gasteiger partial charge on any atom is -0.376 e. The lowest BCUT2D eigenvalue weighted by Gasteiger charge is -2.12. The second-order valence-corrected chi connectivity index (χ2v) is 8.11. The van der Waals surface area contributed by atoms with E-state index in [4.69, 9.17) is 4.74 Å². The summed E-state index contributed by atoms with van der Waals surface area (Å²) in [4.78, 5) is 22.9. The molecule has 29 heavy (non-hydrogen) atoms. The van der Waals surface area contributed by atoms with E-state index in [1.165, 1.54) is 29.8 Å². The van der Waals surface area contributed by atoms with Crippen molar-refractivity contribution in [1.29, 1.82) is 0 Å². The maximum Gasteiger partial charge on any atom is 0.261 e. The fourth-order valence-electron chi connectivity index (χ4n) is 3.49. The van der Waals surface area contributed by atoms with E-state index in [1.807, 2.05) is 6.92 Å². The van der Waals surface area contributed by atoms with Gasteiger partial charge in [-0.15, -0.1) is 11.3 Å². The Bertz CT molecular complexity index is 1000. The van der Waals surface area contributed by atoms with Gasteiger partial charge >= 0.3 is 0 Å². The number of carbonyl (C=O) groups is 1. The highest BCUT2D eigenvalue weighted by molar-refractivity contribution is 7.20. The van der Waals surface area contributed by atoms with Crippen molar-refractivity contribution in [3.05, 3.63) is 52.4 Å². The molecule has 3 heterocycles. The van der Waals surface area contributed by atoms with Gasteiger partial charge in [0.2, 0.25) is 0 Å². The second kappa shape index (κ2) is 8.84. The van der Waals surface area contributed by atoms with Gasteiger partial charge in [-0.1, -0.05) is 12.1 Å². The molecule has 1 atom stereocenters. The summed E-state index contributed by atoms with van der Waals surface area (Å²) in [6.45, 7) is 3.91. The standard InChI is InChI=1S/C21H23FN4O2S/c1-13-17-19(24-11-16-3-2-10-28-16)25-12-26-21(17)29-18(13)20(27)23-9-8-14-4-6-15(22)7-5-14/h4-7,12,16H,2-3,8-11H2,1H3,(H,23,27)(H,24,25,26)/t16-/m0/s1. The summed E-state index contributed by atoms with van der Waals surface area (Å²) in [6.07, 6.45) is 4.50. The van der Waals surface area contributed by atoms with Crippen LogP contribution in [-0.4, -0.2) is 41.7 Å². The van der Waals surface area contributed by atoms with E-state index in [9.17, 15) is 9.18 Å². The quantitative estimate of drug-likeness (QED) is 0.617. The summed E-state index contributed by atoms with van der Waals surface area (Å²) in [5.74, 6) is 0.353. The Morgan fingerprint density at radius 1 is 1.31 bits per heavy atom. The number of anilines is 1. The molecule has 0 unspecified atom stereocenters. The van der Waals surface area contributed by atoms with Crippen LogP contribution >= 0.6 is 11.3 Å². The molecular weight excluding hydrogens is 391 g/mol. The number of hydrogen-bond donors (Lipinski definition) is 2. The first kappa shape index (κ1) is 19.7. The Morgan fingerprint density at radius 2 is 2.14 bits per heavy atom. The lowest BCUT2D eigenvalue weighted by Crippen LogP contribution is -2.25. The highest BCUT2D eigenvalue weighted by Gasteiger charge is 2.20. The average Bonchev–Trinajstić information content (AvgIpc) is 3.36. The minimum absolute atomic E-state index is 0.127. The van der Waals surface area contributed by atoms with Gasteiger partial charge < -0.3 is 15.4 Å². The number of thiophene rings is 1. The largest absolute Gasteiger partial charge is 0.376 e. The normalized spacial score (nSPS) is 16.3. The van der Waals surface area contributed by atoms with Crippen molar-refractivity contribution in [1.82, 2.24) is 15.3 Å². The summed E-state index contributed by atoms with van der Waals surface area (Å²) >= 11 is 1.37. The van der Waals surface area contributed by atoms with Crippen LogP contribution in [-0.2, 0) is 11.2 Å². The molecule has 3 aromatic rings. The number of rotatable bonds is 7. The number of aryl methyl sites for hydroxylation is 1. The number of amides is 1. The lowest BCUT2D eigenvalue weighted by atomic mass is 10.1. The van der Waals surface area contributed by atoms with Crippen molar-refractivity contribution >= 4 is 33.3 Å². The number of ether oxygens (including phenoxy) is 1. The van der Waals surface area contributed by atoms with Crippen LogP contribution in [0.3, 0.4) is 0 Å². The van der Waals surface area contributed by atoms with Crippen LogP contribution in [0.5, 0.6) is 0 Å². The molecular formula is C21H23FN4O2S. The first-order valence-corrected chi connectivity index (χ1v) is 10.6. The fourth-order valence-corrected chi connectivity index (χ4v) is 4.55. The third-order valence-corrected chi connectivity index (χ3v) is 6.27. The van der Waals surface area contributed by atoms with Crippen molar-refractivity contribution in [2.24, 2.45) is 0 Å². The molecule has 0 saturated carbocycles. The zero-order valence-corrected chi connectivity index (χ0v) is 17.0. The summed E-state index contributed by atoms with van der Waals surface area (Å²) < 4.78 is 18.6. The maximum absolute atomic E-state index is 13.0. The number of halogens is 1. The van der Waals surface area contributed by atoms with Gasteiger partial charge in [-0.2, -0.15) is 0 Å². The number of nitrogens with one attached hydrogen (secondary N) is 2. The number of hydrogen-bond acceptors (Lipinski definition) is 6. The maximum atomic E-state index is 13.0. The molecule has 2 aromatic heterocycles. The van der Waals surface area contributed by atoms with Gasteiger partial charge in [0.1, 0.15) is 22.8 Å². The van der Waals surface area contributed by atoms with E-state index in [2.05, 4.69) is 20.6 Å². The van der Waals surface area contributed by atoms with Gasteiger partial charge in [0.05, 0.1) is 16.4 Å². The van der Waals surface area contributed by atoms with Crippen LogP contribution in [0.1, 0.15) is 33.6 Å². The number of nitrogens with zero attached hydrogens (tertiary/aromatic N) is 2. The predicted octanol–water partition coefficient (Wildman–Crippen LogP) is 3.70. The molecule has 0 aliphatic carbocycles. The van der Waals surface area contributed by atoms with Crippen molar-refractivity contribution in [2.75, 3.05) is 25.0 Å². The van der Waals surface area contributed by atoms with Crippen LogP contribution in [0.4, 0.5) is 10.2 Å². The molecule has 2 N–H and O–H groups in total. The zero-order valence-electron chi connectivity index (χ0n) is 16.2. The molecule has 1 aliphatic heterocycles. The molecule has 8 heteroatoms. The van der Waals surface area contributed by atoms with Crippen LogP contribution < -0.4 is 10.6 Å². The van der Waals surface area contributed by atoms with Gasteiger partial charge in [-0.05, 0) is 49.4 Å². The second-order valence-electron chi connectivity index (χ2n) is 7.11. The van der Waals surface area contributed by atoms with E-state index >= 15 is 0 Å². The highest BCUT2D eigenvalue weighted by atomic mass is 32.1. The molecule has 1 amide bonds. The Kier molecular flexibility index (Phi) is 6.01. The summed E-state index contributed by atoms with van der Waals surface area (Å²) in [7, 11) is 0. The number of carbonyl (C=O) groups excluding carboxylic acids is 1. The van der Waals surface area contributed by atoms with Crippen LogP contribution in [0.2, 0.25) is 0 Å². The third-order valence-electron chi connectivity index (χ3n) is 5.07. The van der Waals surface area contributed by atoms with Gasteiger partial charge in [0.15, 0.2) is 0 Å². The van der Waals surface area contributed by atoms with Gasteiger partial charge in [-0.3, -0.25) is 4.79 Å². The molecule has 1 fully saturated rings. The van der Waals surface area contributed by atoms with Crippen molar-refractivity contribution in [3.63, 3.8) is 0 Å². The molecule has 4 rings (SSSR count). The zero-order chi connectivity index (χ0) is 20.2. The molecule has 0 radical (unpaired) electrons. The first-order valence-electron chi connectivity index (χ1n) is 9.74. The Labute approximate surface area is 172 Å². The third kappa shape index (κ3) is 4.54. The Balaban J connectivity index is 1.44. The topological polar surface area (TPSA) is 76.1 Å². The monoisotopic (exact) mass is 414 g/mol. The van der Waals surface area contributed by atoms with Gasteiger partial charge in [-0.25, -0.2) is 14.4 Å². The van der Waals surface area contributed by atoms with Crippen LogP contribution in [0.25, 0.3) is 10.2 Å². The van der Waals surface area contributed by atoms with Crippen molar-refractivity contribution in [3.8, 4) is 0 Å². The van der Waals surface area contributed by atoms with E-state index in [0.717, 1.165) is 46.6 Å². The molecule has 1 saturated heterocycles. The molecule has 1 aliphatic rings. The summed E-state index contributed by atoms with van der Waals surface area (Å²) in [6, 6.07) is 6.32. The Hall–Kier alpha value is -2.58. The molecule has 6 nitrogen and oxygen atoms in total. The highest BCUT2D eigenvalue weighted by Crippen LogP contribution is 2.33. The number of fused-ring (bicyclic) bond motifs is 1. The van der Waals surface area contributed by atoms with Gasteiger partial charge in [0.25, 0.3) is 5.91 Å². The average molecular weight is 415 g/mol.